The van der Waals surface area contributed by atoms with E-state index in [4.69, 9.17) is 0 Å². The Morgan fingerprint density at radius 3 is 2.50 bits per heavy atom. The van der Waals surface area contributed by atoms with E-state index in [1.807, 2.05) is 0 Å². The molecule has 0 aliphatic heterocycles. The summed E-state index contributed by atoms with van der Waals surface area (Å²) in [7, 11) is 0. The zero-order valence-corrected chi connectivity index (χ0v) is 8.40. The molecule has 0 saturated heterocycles. The second-order valence-electron chi connectivity index (χ2n) is 3.87. The Kier molecular flexibility index (Phi) is 4.62. The molecule has 1 atom stereocenters. The van der Waals surface area contributed by atoms with Crippen molar-refractivity contribution in [2.24, 2.45) is 11.8 Å². The predicted molar refractivity (Wildman–Crippen MR) is 53.3 cm³/mol. The van der Waals surface area contributed by atoms with Crippen LogP contribution in [-0.2, 0) is 0 Å². The van der Waals surface area contributed by atoms with Crippen molar-refractivity contribution in [3.63, 3.8) is 0 Å². The largest absolute Gasteiger partial charge is 0.316 e. The highest BCUT2D eigenvalue weighted by Gasteiger charge is 2.27. The lowest BCUT2D eigenvalue weighted by atomic mass is 10.1. The van der Waals surface area contributed by atoms with Gasteiger partial charge in [-0.05, 0) is 37.8 Å². The highest BCUT2D eigenvalue weighted by molar-refractivity contribution is 4.79. The molecule has 0 heterocycles. The Balaban J connectivity index is 1.81. The molecule has 0 aromatic carbocycles. The highest BCUT2D eigenvalue weighted by Crippen LogP contribution is 2.35. The first kappa shape index (κ1) is 10.0. The molecule has 0 aromatic heterocycles. The summed E-state index contributed by atoms with van der Waals surface area (Å²) in [6, 6.07) is 0. The van der Waals surface area contributed by atoms with E-state index in [1.54, 1.807) is 0 Å². The zero-order valence-electron chi connectivity index (χ0n) is 8.40. The van der Waals surface area contributed by atoms with Crippen LogP contribution in [0.15, 0.2) is 0 Å². The van der Waals surface area contributed by atoms with E-state index in [1.165, 1.54) is 19.4 Å². The summed E-state index contributed by atoms with van der Waals surface area (Å²) in [5.74, 6) is 1.93. The lowest BCUT2D eigenvalue weighted by Crippen LogP contribution is -2.30. The monoisotopic (exact) mass is 170 g/mol. The van der Waals surface area contributed by atoms with Crippen LogP contribution in [0.5, 0.6) is 0 Å². The van der Waals surface area contributed by atoms with E-state index >= 15 is 0 Å². The summed E-state index contributed by atoms with van der Waals surface area (Å²) in [5.41, 5.74) is 0. The fourth-order valence-corrected chi connectivity index (χ4v) is 1.52. The maximum atomic E-state index is 3.48. The van der Waals surface area contributed by atoms with E-state index in [0.29, 0.717) is 0 Å². The smallest absolute Gasteiger partial charge is 0.00768 e. The van der Waals surface area contributed by atoms with Crippen LogP contribution in [0.4, 0.5) is 0 Å². The third-order valence-corrected chi connectivity index (χ3v) is 2.62. The molecule has 12 heavy (non-hydrogen) atoms. The van der Waals surface area contributed by atoms with Gasteiger partial charge in [0.15, 0.2) is 0 Å². The minimum absolute atomic E-state index is 0.895. The Morgan fingerprint density at radius 1 is 1.25 bits per heavy atom. The average molecular weight is 170 g/mol. The average Bonchev–Trinajstić information content (AvgIpc) is 2.86. The molecule has 1 aliphatic rings. The lowest BCUT2D eigenvalue weighted by molar-refractivity contribution is 0.459. The summed E-state index contributed by atoms with van der Waals surface area (Å²) in [6.07, 6.45) is 2.94. The second kappa shape index (κ2) is 5.55. The van der Waals surface area contributed by atoms with E-state index < -0.39 is 0 Å². The molecule has 0 amide bonds. The molecule has 1 unspecified atom stereocenters. The molecule has 2 nitrogen and oxygen atoms in total. The molecule has 0 bridgehead atoms. The maximum Gasteiger partial charge on any atom is 0.00768 e. The van der Waals surface area contributed by atoms with Crippen molar-refractivity contribution in [1.82, 2.24) is 10.6 Å². The Bertz CT molecular complexity index is 110. The van der Waals surface area contributed by atoms with Crippen molar-refractivity contribution in [3.8, 4) is 0 Å². The van der Waals surface area contributed by atoms with E-state index in [9.17, 15) is 0 Å². The lowest BCUT2D eigenvalue weighted by Gasteiger charge is -2.10. The summed E-state index contributed by atoms with van der Waals surface area (Å²) in [5, 5.41) is 6.78. The van der Waals surface area contributed by atoms with Crippen LogP contribution in [0.25, 0.3) is 0 Å². The van der Waals surface area contributed by atoms with Gasteiger partial charge < -0.3 is 10.6 Å². The topological polar surface area (TPSA) is 24.1 Å². The molecule has 2 heteroatoms. The highest BCUT2D eigenvalue weighted by atomic mass is 14.9. The fourth-order valence-electron chi connectivity index (χ4n) is 1.52. The van der Waals surface area contributed by atoms with Gasteiger partial charge in [0.1, 0.15) is 0 Å². The normalized spacial score (nSPS) is 19.5. The van der Waals surface area contributed by atoms with Gasteiger partial charge in [-0.2, -0.15) is 0 Å². The molecule has 1 rings (SSSR count). The standard InChI is InChI=1S/C10H22N2/c1-3-11-6-7-12-8-9(2)10-4-5-10/h9-12H,3-8H2,1-2H3. The van der Waals surface area contributed by atoms with Gasteiger partial charge in [-0.15, -0.1) is 0 Å². The van der Waals surface area contributed by atoms with Crippen molar-refractivity contribution in [1.29, 1.82) is 0 Å². The summed E-state index contributed by atoms with van der Waals surface area (Å²) < 4.78 is 0. The fraction of sp³-hybridized carbons (Fsp3) is 1.00. The van der Waals surface area contributed by atoms with E-state index in [0.717, 1.165) is 31.5 Å². The van der Waals surface area contributed by atoms with E-state index in [-0.39, 0.29) is 0 Å². The number of rotatable bonds is 7. The summed E-state index contributed by atoms with van der Waals surface area (Å²) in [6.45, 7) is 9.01. The van der Waals surface area contributed by atoms with Crippen LogP contribution < -0.4 is 10.6 Å². The minimum Gasteiger partial charge on any atom is -0.316 e. The van der Waals surface area contributed by atoms with Gasteiger partial charge in [-0.1, -0.05) is 13.8 Å². The zero-order chi connectivity index (χ0) is 8.81. The SMILES string of the molecule is CCNCCNCC(C)C1CC1. The third-order valence-electron chi connectivity index (χ3n) is 2.62. The van der Waals surface area contributed by atoms with Crippen molar-refractivity contribution in [3.05, 3.63) is 0 Å². The van der Waals surface area contributed by atoms with Gasteiger partial charge in [0.05, 0.1) is 0 Å². The van der Waals surface area contributed by atoms with Crippen molar-refractivity contribution >= 4 is 0 Å². The van der Waals surface area contributed by atoms with Gasteiger partial charge in [0, 0.05) is 13.1 Å². The number of hydrogen-bond acceptors (Lipinski definition) is 2. The summed E-state index contributed by atoms with van der Waals surface area (Å²) >= 11 is 0. The summed E-state index contributed by atoms with van der Waals surface area (Å²) in [4.78, 5) is 0. The molecule has 0 aromatic rings. The molecule has 0 radical (unpaired) electrons. The van der Waals surface area contributed by atoms with Crippen LogP contribution in [0.1, 0.15) is 26.7 Å². The molecule has 2 N–H and O–H groups in total. The van der Waals surface area contributed by atoms with Crippen LogP contribution in [-0.4, -0.2) is 26.2 Å². The van der Waals surface area contributed by atoms with Gasteiger partial charge in [-0.25, -0.2) is 0 Å². The number of nitrogens with one attached hydrogen (secondary N) is 2. The maximum absolute atomic E-state index is 3.48. The first-order valence-electron chi connectivity index (χ1n) is 5.26. The van der Waals surface area contributed by atoms with Crippen molar-refractivity contribution < 1.29 is 0 Å². The third kappa shape index (κ3) is 4.07. The van der Waals surface area contributed by atoms with Crippen LogP contribution in [0.3, 0.4) is 0 Å². The minimum atomic E-state index is 0.895. The quantitative estimate of drug-likeness (QED) is 0.562. The Labute approximate surface area is 76.1 Å². The molecule has 1 saturated carbocycles. The van der Waals surface area contributed by atoms with Gasteiger partial charge in [0.2, 0.25) is 0 Å². The second-order valence-corrected chi connectivity index (χ2v) is 3.87. The van der Waals surface area contributed by atoms with Crippen molar-refractivity contribution in [2.75, 3.05) is 26.2 Å². The van der Waals surface area contributed by atoms with Gasteiger partial charge in [0.25, 0.3) is 0 Å². The van der Waals surface area contributed by atoms with Crippen LogP contribution in [0, 0.1) is 11.8 Å². The van der Waals surface area contributed by atoms with Crippen molar-refractivity contribution in [2.45, 2.75) is 26.7 Å². The Hall–Kier alpha value is -0.0800. The number of likely N-dealkylation sites (N-methyl/N-ethyl adjacent to an activating group) is 1. The first-order chi connectivity index (χ1) is 5.84. The van der Waals surface area contributed by atoms with E-state index in [2.05, 4.69) is 24.5 Å². The molecule has 72 valence electrons. The molecular formula is C10H22N2. The number of hydrogen-bond donors (Lipinski definition) is 2. The van der Waals surface area contributed by atoms with Gasteiger partial charge >= 0.3 is 0 Å². The molecule has 1 fully saturated rings. The molecule has 1 aliphatic carbocycles. The molecule has 0 spiro atoms. The predicted octanol–water partition coefficient (Wildman–Crippen LogP) is 1.23. The van der Waals surface area contributed by atoms with Crippen LogP contribution in [0.2, 0.25) is 0 Å². The Morgan fingerprint density at radius 2 is 1.92 bits per heavy atom. The first-order valence-corrected chi connectivity index (χ1v) is 5.26. The van der Waals surface area contributed by atoms with Gasteiger partial charge in [-0.3, -0.25) is 0 Å². The van der Waals surface area contributed by atoms with Crippen LogP contribution >= 0.6 is 0 Å². The molecular weight excluding hydrogens is 148 g/mol.